The van der Waals surface area contributed by atoms with Crippen LogP contribution in [0.3, 0.4) is 0 Å². The van der Waals surface area contributed by atoms with Gasteiger partial charge in [-0.3, -0.25) is 4.79 Å². The summed E-state index contributed by atoms with van der Waals surface area (Å²) < 4.78 is 4.35. The van der Waals surface area contributed by atoms with Crippen molar-refractivity contribution in [3.05, 3.63) is 29.3 Å². The topological polar surface area (TPSA) is 105 Å². The first-order valence-electron chi connectivity index (χ1n) is 5.55. The zero-order chi connectivity index (χ0) is 15.1. The van der Waals surface area contributed by atoms with Crippen LogP contribution in [-0.2, 0) is 14.3 Å². The number of esters is 1. The van der Waals surface area contributed by atoms with Crippen molar-refractivity contribution in [1.29, 1.82) is 0 Å². The molecule has 0 aliphatic carbocycles. The molecule has 0 aliphatic heterocycles. The molecular formula is C12H13ClN2O5. The molecule has 1 aromatic rings. The number of ether oxygens (including phenoxy) is 1. The summed E-state index contributed by atoms with van der Waals surface area (Å²) in [5, 5.41) is 13.8. The molecule has 0 saturated carbocycles. The SMILES string of the molecule is COC(=O)C[C@H](NC(=O)Nc1ccccc1Cl)C(=O)O. The number of nitrogens with one attached hydrogen (secondary N) is 2. The number of aliphatic carboxylic acids is 1. The lowest BCUT2D eigenvalue weighted by Gasteiger charge is -2.14. The number of para-hydroxylation sites is 1. The minimum absolute atomic E-state index is 0.308. The lowest BCUT2D eigenvalue weighted by atomic mass is 10.2. The van der Waals surface area contributed by atoms with Crippen molar-refractivity contribution in [2.75, 3.05) is 12.4 Å². The van der Waals surface area contributed by atoms with Gasteiger partial charge in [0.05, 0.1) is 24.2 Å². The molecule has 0 aliphatic rings. The maximum absolute atomic E-state index is 11.7. The van der Waals surface area contributed by atoms with Crippen molar-refractivity contribution in [3.8, 4) is 0 Å². The van der Waals surface area contributed by atoms with Gasteiger partial charge in [0.1, 0.15) is 6.04 Å². The van der Waals surface area contributed by atoms with Crippen LogP contribution in [0.25, 0.3) is 0 Å². The highest BCUT2D eigenvalue weighted by Crippen LogP contribution is 2.20. The smallest absolute Gasteiger partial charge is 0.326 e. The molecule has 1 rings (SSSR count). The van der Waals surface area contributed by atoms with Crippen molar-refractivity contribution < 1.29 is 24.2 Å². The van der Waals surface area contributed by atoms with E-state index in [1.165, 1.54) is 0 Å². The van der Waals surface area contributed by atoms with E-state index in [-0.39, 0.29) is 0 Å². The van der Waals surface area contributed by atoms with E-state index in [0.29, 0.717) is 10.7 Å². The number of hydrogen-bond acceptors (Lipinski definition) is 4. The average Bonchev–Trinajstić information content (AvgIpc) is 2.40. The summed E-state index contributed by atoms with van der Waals surface area (Å²) in [6.07, 6.45) is -0.470. The van der Waals surface area contributed by atoms with E-state index in [2.05, 4.69) is 15.4 Å². The number of carboxylic acid groups (broad SMARTS) is 1. The molecule has 0 spiro atoms. The molecular weight excluding hydrogens is 288 g/mol. The van der Waals surface area contributed by atoms with Gasteiger partial charge in [0, 0.05) is 0 Å². The summed E-state index contributed by atoms with van der Waals surface area (Å²) in [5.74, 6) is -2.08. The first-order chi connectivity index (χ1) is 9.43. The van der Waals surface area contributed by atoms with Crippen molar-refractivity contribution in [1.82, 2.24) is 5.32 Å². The molecule has 0 fully saturated rings. The number of halogens is 1. The highest BCUT2D eigenvalue weighted by atomic mass is 35.5. The molecule has 0 unspecified atom stereocenters. The summed E-state index contributed by atoms with van der Waals surface area (Å²) in [7, 11) is 1.13. The van der Waals surface area contributed by atoms with Gasteiger partial charge >= 0.3 is 18.0 Å². The summed E-state index contributed by atoms with van der Waals surface area (Å²) >= 11 is 5.84. The zero-order valence-electron chi connectivity index (χ0n) is 10.6. The van der Waals surface area contributed by atoms with Crippen LogP contribution in [0.15, 0.2) is 24.3 Å². The third-order valence-corrected chi connectivity index (χ3v) is 2.65. The van der Waals surface area contributed by atoms with E-state index in [4.69, 9.17) is 16.7 Å². The Balaban J connectivity index is 2.65. The number of hydrogen-bond donors (Lipinski definition) is 3. The summed E-state index contributed by atoms with van der Waals surface area (Å²) in [6, 6.07) is 4.30. The molecule has 0 heterocycles. The van der Waals surface area contributed by atoms with Gasteiger partial charge in [0.2, 0.25) is 0 Å². The Morgan fingerprint density at radius 2 is 2.00 bits per heavy atom. The first kappa shape index (κ1) is 15.8. The molecule has 8 heteroatoms. The minimum atomic E-state index is -1.38. The zero-order valence-corrected chi connectivity index (χ0v) is 11.3. The number of urea groups is 1. The fourth-order valence-electron chi connectivity index (χ4n) is 1.33. The number of carbonyl (C=O) groups is 3. The van der Waals surface area contributed by atoms with Gasteiger partial charge in [-0.25, -0.2) is 9.59 Å². The molecule has 0 bridgehead atoms. The molecule has 1 aromatic carbocycles. The third-order valence-electron chi connectivity index (χ3n) is 2.32. The average molecular weight is 301 g/mol. The standard InChI is InChI=1S/C12H13ClN2O5/c1-20-10(16)6-9(11(17)18)15-12(19)14-8-5-3-2-4-7(8)13/h2-5,9H,6H2,1H3,(H,17,18)(H2,14,15,19)/t9-/m0/s1. The Morgan fingerprint density at radius 1 is 1.35 bits per heavy atom. The predicted octanol–water partition coefficient (Wildman–Crippen LogP) is 1.48. The highest BCUT2D eigenvalue weighted by Gasteiger charge is 2.23. The Bertz CT molecular complexity index is 520. The Kier molecular flexibility index (Phi) is 5.79. The fraction of sp³-hybridized carbons (Fsp3) is 0.250. The van der Waals surface area contributed by atoms with Crippen LogP contribution in [0.4, 0.5) is 10.5 Å². The predicted molar refractivity (Wildman–Crippen MR) is 71.7 cm³/mol. The van der Waals surface area contributed by atoms with Gasteiger partial charge in [-0.2, -0.15) is 0 Å². The van der Waals surface area contributed by atoms with Gasteiger partial charge in [-0.15, -0.1) is 0 Å². The molecule has 0 saturated heterocycles. The summed E-state index contributed by atoms with van der Waals surface area (Å²) in [5.41, 5.74) is 0.328. The fourth-order valence-corrected chi connectivity index (χ4v) is 1.51. The van der Waals surface area contributed by atoms with E-state index in [9.17, 15) is 14.4 Å². The maximum atomic E-state index is 11.7. The molecule has 1 atom stereocenters. The van der Waals surface area contributed by atoms with Crippen molar-refractivity contribution in [2.24, 2.45) is 0 Å². The normalized spacial score (nSPS) is 11.3. The highest BCUT2D eigenvalue weighted by molar-refractivity contribution is 6.33. The second kappa shape index (κ2) is 7.34. The second-order valence-corrected chi connectivity index (χ2v) is 4.16. The molecule has 7 nitrogen and oxygen atoms in total. The van der Waals surface area contributed by atoms with E-state index < -0.39 is 30.4 Å². The number of anilines is 1. The van der Waals surface area contributed by atoms with E-state index in [0.717, 1.165) is 7.11 Å². The number of carbonyl (C=O) groups excluding carboxylic acids is 2. The van der Waals surface area contributed by atoms with Crippen LogP contribution in [0.5, 0.6) is 0 Å². The van der Waals surface area contributed by atoms with E-state index in [1.54, 1.807) is 24.3 Å². The monoisotopic (exact) mass is 300 g/mol. The van der Waals surface area contributed by atoms with Gasteiger partial charge in [0.25, 0.3) is 0 Å². The lowest BCUT2D eigenvalue weighted by Crippen LogP contribution is -2.44. The molecule has 0 aromatic heterocycles. The van der Waals surface area contributed by atoms with Crippen LogP contribution in [0.1, 0.15) is 6.42 Å². The first-order valence-corrected chi connectivity index (χ1v) is 5.93. The number of methoxy groups -OCH3 is 1. The summed E-state index contributed by atoms with van der Waals surface area (Å²) in [4.78, 5) is 33.6. The van der Waals surface area contributed by atoms with Crippen LogP contribution in [-0.4, -0.2) is 36.2 Å². The van der Waals surface area contributed by atoms with E-state index >= 15 is 0 Å². The number of rotatable bonds is 5. The van der Waals surface area contributed by atoms with Crippen LogP contribution < -0.4 is 10.6 Å². The second-order valence-electron chi connectivity index (χ2n) is 3.75. The van der Waals surface area contributed by atoms with Gasteiger partial charge in [-0.05, 0) is 12.1 Å². The van der Waals surface area contributed by atoms with Crippen LogP contribution in [0.2, 0.25) is 5.02 Å². The summed E-state index contributed by atoms with van der Waals surface area (Å²) in [6.45, 7) is 0. The molecule has 3 N–H and O–H groups in total. The van der Waals surface area contributed by atoms with E-state index in [1.807, 2.05) is 0 Å². The van der Waals surface area contributed by atoms with Crippen LogP contribution >= 0.6 is 11.6 Å². The van der Waals surface area contributed by atoms with Crippen molar-refractivity contribution >= 4 is 35.3 Å². The minimum Gasteiger partial charge on any atom is -0.480 e. The van der Waals surface area contributed by atoms with Crippen molar-refractivity contribution in [3.63, 3.8) is 0 Å². The molecule has 20 heavy (non-hydrogen) atoms. The number of benzene rings is 1. The largest absolute Gasteiger partial charge is 0.480 e. The van der Waals surface area contributed by atoms with Gasteiger partial charge in [-0.1, -0.05) is 23.7 Å². The number of carboxylic acids is 1. The van der Waals surface area contributed by atoms with Crippen LogP contribution in [0, 0.1) is 0 Å². The molecule has 108 valence electrons. The Labute approximate surface area is 119 Å². The Morgan fingerprint density at radius 3 is 2.55 bits per heavy atom. The Hall–Kier alpha value is -2.28. The number of amides is 2. The van der Waals surface area contributed by atoms with Gasteiger partial charge < -0.3 is 20.5 Å². The quantitative estimate of drug-likeness (QED) is 0.714. The molecule has 0 radical (unpaired) electrons. The third kappa shape index (κ3) is 4.77. The van der Waals surface area contributed by atoms with Gasteiger partial charge in [0.15, 0.2) is 0 Å². The lowest BCUT2D eigenvalue weighted by molar-refractivity contribution is -0.147. The maximum Gasteiger partial charge on any atom is 0.326 e. The molecule has 2 amide bonds. The van der Waals surface area contributed by atoms with Crippen molar-refractivity contribution in [2.45, 2.75) is 12.5 Å².